The van der Waals surface area contributed by atoms with Crippen LogP contribution >= 0.6 is 35.3 Å². The van der Waals surface area contributed by atoms with Crippen molar-refractivity contribution in [3.05, 3.63) is 0 Å². The van der Waals surface area contributed by atoms with Crippen molar-refractivity contribution in [2.45, 2.75) is 54.4 Å². The minimum Gasteiger partial charge on any atom is -0.438 e. The second-order valence-corrected chi connectivity index (χ2v) is 11.7. The van der Waals surface area contributed by atoms with E-state index in [9.17, 15) is 14.4 Å². The fourth-order valence-corrected chi connectivity index (χ4v) is 4.54. The highest BCUT2D eigenvalue weighted by Gasteiger charge is 2.07. The molecular weight excluding hydrogens is 484 g/mol. The van der Waals surface area contributed by atoms with Crippen LogP contribution in [-0.2, 0) is 33.3 Å². The summed E-state index contributed by atoms with van der Waals surface area (Å²) in [5.41, 5.74) is 0. The van der Waals surface area contributed by atoms with Crippen LogP contribution in [0.25, 0.3) is 0 Å². The Labute approximate surface area is 213 Å². The molecule has 0 aromatic heterocycles. The maximum Gasteiger partial charge on any atom is 0.318 e. The Morgan fingerprint density at radius 2 is 1.00 bits per heavy atom. The molecule has 196 valence electrons. The molecule has 0 amide bonds. The molecule has 0 aromatic rings. The van der Waals surface area contributed by atoms with Gasteiger partial charge in [-0.05, 0) is 35.0 Å². The van der Waals surface area contributed by atoms with Gasteiger partial charge in [0.1, 0.15) is 0 Å². The number of thioether (sulfide) groups is 3. The highest BCUT2D eigenvalue weighted by molar-refractivity contribution is 8.00. The third kappa shape index (κ3) is 31.4. The fraction of sp³-hybridized carbons (Fsp3) is 0.870. The molecule has 0 unspecified atom stereocenters. The average molecular weight is 529 g/mol. The smallest absolute Gasteiger partial charge is 0.318 e. The lowest BCUT2D eigenvalue weighted by Gasteiger charge is -2.07. The van der Waals surface area contributed by atoms with Gasteiger partial charge in [-0.1, -0.05) is 41.5 Å². The Bertz CT molecular complexity index is 500. The summed E-state index contributed by atoms with van der Waals surface area (Å²) in [6.07, 6.45) is 0.831. The monoisotopic (exact) mass is 528 g/mol. The van der Waals surface area contributed by atoms with E-state index in [-0.39, 0.29) is 31.5 Å². The number of rotatable bonds is 18. The zero-order chi connectivity index (χ0) is 25.5. The molecule has 0 saturated heterocycles. The first kappa shape index (κ1) is 34.6. The normalized spacial score (nSPS) is 10.7. The molecule has 0 rings (SSSR count). The summed E-state index contributed by atoms with van der Waals surface area (Å²) in [6.45, 7) is 12.6. The van der Waals surface area contributed by atoms with Gasteiger partial charge in [0.05, 0.1) is 18.6 Å². The number of hydrogen-bond donors (Lipinski definition) is 0. The number of carbonyl (C=O) groups is 3. The van der Waals surface area contributed by atoms with Crippen molar-refractivity contribution in [1.29, 1.82) is 0 Å². The number of methoxy groups -OCH3 is 1. The van der Waals surface area contributed by atoms with E-state index in [2.05, 4.69) is 46.3 Å². The topological polar surface area (TPSA) is 88.1 Å². The SMILES string of the molecule is CC(C)CSCCC(=O)OCOC(=O)CSCC(C)C.COCOC(=O)CCSCC(C)C. The van der Waals surface area contributed by atoms with Crippen LogP contribution in [0.3, 0.4) is 0 Å². The third-order valence-corrected chi connectivity index (χ3v) is 7.38. The first-order valence-corrected chi connectivity index (χ1v) is 14.7. The molecule has 33 heavy (non-hydrogen) atoms. The molecule has 0 heterocycles. The van der Waals surface area contributed by atoms with Gasteiger partial charge in [-0.25, -0.2) is 0 Å². The Balaban J connectivity index is 0. The quantitative estimate of drug-likeness (QED) is 0.136. The van der Waals surface area contributed by atoms with E-state index in [0.29, 0.717) is 36.3 Å². The summed E-state index contributed by atoms with van der Waals surface area (Å²) in [6, 6.07) is 0. The first-order chi connectivity index (χ1) is 15.6. The predicted octanol–water partition coefficient (Wildman–Crippen LogP) is 5.11. The van der Waals surface area contributed by atoms with Crippen LogP contribution in [0.5, 0.6) is 0 Å². The van der Waals surface area contributed by atoms with E-state index in [1.165, 1.54) is 18.9 Å². The largest absolute Gasteiger partial charge is 0.438 e. The van der Waals surface area contributed by atoms with Crippen molar-refractivity contribution in [1.82, 2.24) is 0 Å². The summed E-state index contributed by atoms with van der Waals surface area (Å²) in [7, 11) is 1.50. The molecule has 10 heteroatoms. The van der Waals surface area contributed by atoms with E-state index >= 15 is 0 Å². The molecule has 0 aliphatic carbocycles. The Morgan fingerprint density at radius 3 is 1.42 bits per heavy atom. The summed E-state index contributed by atoms with van der Waals surface area (Å²) < 4.78 is 19.0. The number of esters is 3. The lowest BCUT2D eigenvalue weighted by molar-refractivity contribution is -0.165. The van der Waals surface area contributed by atoms with Crippen molar-refractivity contribution in [3.63, 3.8) is 0 Å². The van der Waals surface area contributed by atoms with E-state index in [0.717, 1.165) is 28.8 Å². The van der Waals surface area contributed by atoms with Crippen molar-refractivity contribution in [2.75, 3.05) is 55.2 Å². The molecule has 0 N–H and O–H groups in total. The highest BCUT2D eigenvalue weighted by atomic mass is 32.2. The molecule has 0 aromatic carbocycles. The summed E-state index contributed by atoms with van der Waals surface area (Å²) >= 11 is 5.04. The molecule has 0 aliphatic heterocycles. The Kier molecular flexibility index (Phi) is 25.7. The minimum atomic E-state index is -0.336. The number of hydrogen-bond acceptors (Lipinski definition) is 10. The van der Waals surface area contributed by atoms with Gasteiger partial charge < -0.3 is 18.9 Å². The molecule has 0 saturated carbocycles. The zero-order valence-corrected chi connectivity index (χ0v) is 23.8. The summed E-state index contributed by atoms with van der Waals surface area (Å²) in [4.78, 5) is 33.6. The van der Waals surface area contributed by atoms with Crippen molar-refractivity contribution in [2.24, 2.45) is 17.8 Å². The predicted molar refractivity (Wildman–Crippen MR) is 141 cm³/mol. The standard InChI is InChI=1S/C14H26O4S2.C9H18O3S/c1-11(2)7-19-6-5-13(15)17-10-18-14(16)9-20-8-12(3)4;1-8(2)6-13-5-4-9(10)12-7-11-3/h11-12H,5-10H2,1-4H3;8H,4-7H2,1-3H3. The maximum atomic E-state index is 11.3. The van der Waals surface area contributed by atoms with Crippen LogP contribution < -0.4 is 0 Å². The lowest BCUT2D eigenvalue weighted by Crippen LogP contribution is -2.15. The van der Waals surface area contributed by atoms with Gasteiger partial charge in [-0.3, -0.25) is 14.4 Å². The number of ether oxygens (including phenoxy) is 4. The fourth-order valence-electron chi connectivity index (χ4n) is 1.80. The second kappa shape index (κ2) is 24.5. The van der Waals surface area contributed by atoms with Crippen LogP contribution in [-0.4, -0.2) is 73.1 Å². The molecular formula is C23H44O7S3. The average Bonchev–Trinajstić information content (AvgIpc) is 2.72. The van der Waals surface area contributed by atoms with Crippen LogP contribution in [0.15, 0.2) is 0 Å². The molecule has 0 aliphatic rings. The van der Waals surface area contributed by atoms with Crippen molar-refractivity contribution in [3.8, 4) is 0 Å². The highest BCUT2D eigenvalue weighted by Crippen LogP contribution is 2.10. The van der Waals surface area contributed by atoms with E-state index < -0.39 is 0 Å². The van der Waals surface area contributed by atoms with Crippen molar-refractivity contribution < 1.29 is 33.3 Å². The van der Waals surface area contributed by atoms with Gasteiger partial charge in [0.15, 0.2) is 6.79 Å². The lowest BCUT2D eigenvalue weighted by atomic mass is 10.3. The van der Waals surface area contributed by atoms with Gasteiger partial charge in [0.25, 0.3) is 0 Å². The molecule has 7 nitrogen and oxygen atoms in total. The van der Waals surface area contributed by atoms with Crippen LogP contribution in [0, 0.1) is 17.8 Å². The Hall–Kier alpha value is -0.580. The number of carbonyl (C=O) groups excluding carboxylic acids is 3. The van der Waals surface area contributed by atoms with Crippen LogP contribution in [0.1, 0.15) is 54.4 Å². The van der Waals surface area contributed by atoms with Gasteiger partial charge in [0.2, 0.25) is 6.79 Å². The van der Waals surface area contributed by atoms with E-state index in [4.69, 9.17) is 14.2 Å². The van der Waals surface area contributed by atoms with Crippen molar-refractivity contribution >= 4 is 53.2 Å². The Morgan fingerprint density at radius 1 is 0.606 bits per heavy atom. The molecule has 0 spiro atoms. The molecule has 0 atom stereocenters. The van der Waals surface area contributed by atoms with Crippen LogP contribution in [0.4, 0.5) is 0 Å². The second-order valence-electron chi connectivity index (χ2n) is 8.42. The van der Waals surface area contributed by atoms with E-state index in [1.54, 1.807) is 23.5 Å². The van der Waals surface area contributed by atoms with E-state index in [1.807, 2.05) is 0 Å². The summed E-state index contributed by atoms with van der Waals surface area (Å²) in [5, 5.41) is 0. The van der Waals surface area contributed by atoms with Gasteiger partial charge >= 0.3 is 17.9 Å². The van der Waals surface area contributed by atoms with Gasteiger partial charge in [-0.15, -0.1) is 11.8 Å². The minimum absolute atomic E-state index is 0.0632. The zero-order valence-electron chi connectivity index (χ0n) is 21.4. The first-order valence-electron chi connectivity index (χ1n) is 11.3. The maximum absolute atomic E-state index is 11.3. The molecule has 0 bridgehead atoms. The van der Waals surface area contributed by atoms with Crippen LogP contribution in [0.2, 0.25) is 0 Å². The van der Waals surface area contributed by atoms with Gasteiger partial charge in [-0.2, -0.15) is 23.5 Å². The summed E-state index contributed by atoms with van der Waals surface area (Å²) in [5.74, 6) is 5.96. The third-order valence-electron chi connectivity index (χ3n) is 3.25. The molecule has 0 radical (unpaired) electrons. The van der Waals surface area contributed by atoms with Gasteiger partial charge in [0, 0.05) is 18.6 Å². The molecule has 0 fully saturated rings.